The summed E-state index contributed by atoms with van der Waals surface area (Å²) in [6.07, 6.45) is 8.71. The van der Waals surface area contributed by atoms with Gasteiger partial charge in [-0.1, -0.05) is 20.8 Å². The van der Waals surface area contributed by atoms with Gasteiger partial charge in [-0.05, 0) is 42.7 Å². The molecule has 0 aliphatic heterocycles. The summed E-state index contributed by atoms with van der Waals surface area (Å²) in [5, 5.41) is 7.86. The Morgan fingerprint density at radius 3 is 2.95 bits per heavy atom. The molecule has 2 aromatic rings. The van der Waals surface area contributed by atoms with E-state index in [1.807, 2.05) is 6.07 Å². The number of anilines is 1. The fraction of sp³-hybridized carbons (Fsp3) is 0.562. The van der Waals surface area contributed by atoms with E-state index in [4.69, 9.17) is 0 Å². The number of aromatic nitrogens is 4. The standard InChI is InChI=1S/C16H23N5/c1-12-9-16(2,3)7-6-13(12)20-14-5-4-8-18-15(14)21-11-17-10-19-21/h4-5,8,10-13,20H,6-7,9H2,1-3H3. The van der Waals surface area contributed by atoms with E-state index in [-0.39, 0.29) is 0 Å². The quantitative estimate of drug-likeness (QED) is 0.940. The first-order chi connectivity index (χ1) is 10.1. The topological polar surface area (TPSA) is 55.6 Å². The highest BCUT2D eigenvalue weighted by Crippen LogP contribution is 2.39. The molecular weight excluding hydrogens is 262 g/mol. The van der Waals surface area contributed by atoms with Gasteiger partial charge in [0, 0.05) is 12.2 Å². The Balaban J connectivity index is 1.80. The highest BCUT2D eigenvalue weighted by molar-refractivity contribution is 5.56. The van der Waals surface area contributed by atoms with Gasteiger partial charge in [0.1, 0.15) is 12.7 Å². The average Bonchev–Trinajstić information content (AvgIpc) is 2.96. The van der Waals surface area contributed by atoms with Gasteiger partial charge in [0.2, 0.25) is 0 Å². The summed E-state index contributed by atoms with van der Waals surface area (Å²) >= 11 is 0. The SMILES string of the molecule is CC1CC(C)(C)CCC1Nc1cccnc1-n1cncn1. The normalized spacial score (nSPS) is 24.7. The minimum Gasteiger partial charge on any atom is -0.379 e. The summed E-state index contributed by atoms with van der Waals surface area (Å²) in [6, 6.07) is 4.51. The van der Waals surface area contributed by atoms with Crippen molar-refractivity contribution in [3.05, 3.63) is 31.0 Å². The molecule has 1 fully saturated rings. The zero-order valence-corrected chi connectivity index (χ0v) is 13.0. The Bertz CT molecular complexity index is 590. The van der Waals surface area contributed by atoms with Crippen molar-refractivity contribution in [2.45, 2.75) is 46.1 Å². The third-order valence-electron chi connectivity index (χ3n) is 4.46. The first kappa shape index (κ1) is 14.0. The number of hydrogen-bond acceptors (Lipinski definition) is 4. The molecular formula is C16H23N5. The van der Waals surface area contributed by atoms with Gasteiger partial charge in [-0.25, -0.2) is 14.6 Å². The maximum absolute atomic E-state index is 4.44. The number of nitrogens with zero attached hydrogens (tertiary/aromatic N) is 4. The predicted octanol–water partition coefficient (Wildman–Crippen LogP) is 3.29. The van der Waals surface area contributed by atoms with E-state index < -0.39 is 0 Å². The largest absolute Gasteiger partial charge is 0.379 e. The van der Waals surface area contributed by atoms with Crippen LogP contribution >= 0.6 is 0 Å². The van der Waals surface area contributed by atoms with Crippen LogP contribution in [0.5, 0.6) is 0 Å². The highest BCUT2D eigenvalue weighted by atomic mass is 15.3. The monoisotopic (exact) mass is 285 g/mol. The Kier molecular flexibility index (Phi) is 3.66. The van der Waals surface area contributed by atoms with Crippen LogP contribution in [0.1, 0.15) is 40.0 Å². The van der Waals surface area contributed by atoms with E-state index in [1.165, 1.54) is 25.6 Å². The van der Waals surface area contributed by atoms with Crippen LogP contribution in [0.4, 0.5) is 5.69 Å². The van der Waals surface area contributed by atoms with E-state index >= 15 is 0 Å². The van der Waals surface area contributed by atoms with Crippen molar-refractivity contribution in [1.82, 2.24) is 19.7 Å². The van der Waals surface area contributed by atoms with Crippen LogP contribution < -0.4 is 5.32 Å². The lowest BCUT2D eigenvalue weighted by Crippen LogP contribution is -2.37. The first-order valence-electron chi connectivity index (χ1n) is 7.62. The summed E-state index contributed by atoms with van der Waals surface area (Å²) in [5.74, 6) is 1.46. The highest BCUT2D eigenvalue weighted by Gasteiger charge is 2.32. The van der Waals surface area contributed by atoms with Gasteiger partial charge in [0.05, 0.1) is 5.69 Å². The molecule has 0 radical (unpaired) electrons. The Morgan fingerprint density at radius 1 is 1.38 bits per heavy atom. The van der Waals surface area contributed by atoms with Crippen LogP contribution in [0.15, 0.2) is 31.0 Å². The van der Waals surface area contributed by atoms with Crippen molar-refractivity contribution in [3.63, 3.8) is 0 Å². The molecule has 1 aliphatic rings. The second-order valence-corrected chi connectivity index (χ2v) is 6.85. The van der Waals surface area contributed by atoms with Gasteiger partial charge in [0.25, 0.3) is 0 Å². The summed E-state index contributed by atoms with van der Waals surface area (Å²) in [5.41, 5.74) is 1.49. The molecule has 1 saturated carbocycles. The fourth-order valence-electron chi connectivity index (χ4n) is 3.37. The van der Waals surface area contributed by atoms with Gasteiger partial charge >= 0.3 is 0 Å². The van der Waals surface area contributed by atoms with E-state index in [9.17, 15) is 0 Å². The minimum absolute atomic E-state index is 0.460. The second kappa shape index (κ2) is 5.47. The smallest absolute Gasteiger partial charge is 0.178 e. The molecule has 5 nitrogen and oxygen atoms in total. The molecule has 5 heteroatoms. The lowest BCUT2D eigenvalue weighted by molar-refractivity contribution is 0.177. The van der Waals surface area contributed by atoms with Gasteiger partial charge in [0.15, 0.2) is 5.82 Å². The summed E-state index contributed by atoms with van der Waals surface area (Å²) in [7, 11) is 0. The molecule has 2 atom stereocenters. The Labute approximate surface area is 125 Å². The molecule has 1 aliphatic carbocycles. The molecule has 0 amide bonds. The summed E-state index contributed by atoms with van der Waals surface area (Å²) < 4.78 is 1.71. The van der Waals surface area contributed by atoms with E-state index in [1.54, 1.807) is 17.2 Å². The molecule has 112 valence electrons. The van der Waals surface area contributed by atoms with Crippen molar-refractivity contribution < 1.29 is 0 Å². The second-order valence-electron chi connectivity index (χ2n) is 6.85. The first-order valence-corrected chi connectivity index (χ1v) is 7.62. The number of rotatable bonds is 3. The molecule has 3 rings (SSSR count). The molecule has 1 N–H and O–H groups in total. The molecule has 0 aromatic carbocycles. The Morgan fingerprint density at radius 2 is 2.24 bits per heavy atom. The van der Waals surface area contributed by atoms with Crippen molar-refractivity contribution in [1.29, 1.82) is 0 Å². The number of pyridine rings is 1. The molecule has 0 saturated heterocycles. The van der Waals surface area contributed by atoms with Crippen LogP contribution in [0.3, 0.4) is 0 Å². The number of hydrogen-bond donors (Lipinski definition) is 1. The minimum atomic E-state index is 0.460. The van der Waals surface area contributed by atoms with Crippen molar-refractivity contribution in [3.8, 4) is 5.82 Å². The maximum Gasteiger partial charge on any atom is 0.178 e. The van der Waals surface area contributed by atoms with E-state index in [0.29, 0.717) is 17.4 Å². The molecule has 2 heterocycles. The molecule has 2 unspecified atom stereocenters. The Hall–Kier alpha value is -1.91. The van der Waals surface area contributed by atoms with Crippen molar-refractivity contribution in [2.24, 2.45) is 11.3 Å². The van der Waals surface area contributed by atoms with E-state index in [0.717, 1.165) is 11.5 Å². The van der Waals surface area contributed by atoms with Crippen LogP contribution in [0.25, 0.3) is 5.82 Å². The summed E-state index contributed by atoms with van der Waals surface area (Å²) in [6.45, 7) is 7.07. The third kappa shape index (κ3) is 3.06. The fourth-order valence-corrected chi connectivity index (χ4v) is 3.37. The van der Waals surface area contributed by atoms with Gasteiger partial charge in [-0.15, -0.1) is 0 Å². The predicted molar refractivity (Wildman–Crippen MR) is 83.4 cm³/mol. The van der Waals surface area contributed by atoms with E-state index in [2.05, 4.69) is 47.2 Å². The lowest BCUT2D eigenvalue weighted by atomic mass is 9.70. The van der Waals surface area contributed by atoms with Gasteiger partial charge in [-0.3, -0.25) is 0 Å². The number of nitrogens with one attached hydrogen (secondary N) is 1. The zero-order valence-electron chi connectivity index (χ0n) is 13.0. The van der Waals surface area contributed by atoms with Crippen molar-refractivity contribution >= 4 is 5.69 Å². The van der Waals surface area contributed by atoms with Crippen LogP contribution in [-0.4, -0.2) is 25.8 Å². The van der Waals surface area contributed by atoms with Crippen LogP contribution in [-0.2, 0) is 0 Å². The van der Waals surface area contributed by atoms with Gasteiger partial charge in [-0.2, -0.15) is 5.10 Å². The summed E-state index contributed by atoms with van der Waals surface area (Å²) in [4.78, 5) is 8.44. The van der Waals surface area contributed by atoms with Crippen molar-refractivity contribution in [2.75, 3.05) is 5.32 Å². The molecule has 0 bridgehead atoms. The molecule has 0 spiro atoms. The zero-order chi connectivity index (χ0) is 14.9. The molecule has 2 aromatic heterocycles. The van der Waals surface area contributed by atoms with Gasteiger partial charge < -0.3 is 5.32 Å². The average molecular weight is 285 g/mol. The molecule has 21 heavy (non-hydrogen) atoms. The lowest BCUT2D eigenvalue weighted by Gasteiger charge is -2.40. The van der Waals surface area contributed by atoms with Crippen LogP contribution in [0.2, 0.25) is 0 Å². The maximum atomic E-state index is 4.44. The van der Waals surface area contributed by atoms with Crippen LogP contribution in [0, 0.1) is 11.3 Å². The third-order valence-corrected chi connectivity index (χ3v) is 4.46.